The summed E-state index contributed by atoms with van der Waals surface area (Å²) in [5.41, 5.74) is 16.4. The summed E-state index contributed by atoms with van der Waals surface area (Å²) in [5.74, 6) is -0.922. The third kappa shape index (κ3) is 9.46. The van der Waals surface area contributed by atoms with Crippen molar-refractivity contribution in [1.29, 1.82) is 0 Å². The highest BCUT2D eigenvalue weighted by Crippen LogP contribution is 2.40. The summed E-state index contributed by atoms with van der Waals surface area (Å²) < 4.78 is 12.1. The first-order valence-corrected chi connectivity index (χ1v) is 17.4. The number of carbonyl (C=O) groups excluding carboxylic acids is 4. The van der Waals surface area contributed by atoms with Crippen molar-refractivity contribution in [3.05, 3.63) is 107 Å². The van der Waals surface area contributed by atoms with Gasteiger partial charge in [-0.25, -0.2) is 0 Å². The molecule has 1 heterocycles. The molecule has 4 aromatic rings. The van der Waals surface area contributed by atoms with E-state index in [2.05, 4.69) is 16.0 Å². The van der Waals surface area contributed by atoms with Crippen LogP contribution in [-0.2, 0) is 20.8 Å². The zero-order valence-corrected chi connectivity index (χ0v) is 29.9. The Bertz CT molecular complexity index is 1900. The molecule has 52 heavy (non-hydrogen) atoms. The fourth-order valence-electron chi connectivity index (χ4n) is 5.96. The van der Waals surface area contributed by atoms with Crippen LogP contribution < -0.4 is 36.9 Å². The highest BCUT2D eigenvalue weighted by Gasteiger charge is 2.31. The zero-order valence-electron chi connectivity index (χ0n) is 29.1. The van der Waals surface area contributed by atoms with Crippen molar-refractivity contribution in [2.24, 2.45) is 11.5 Å². The van der Waals surface area contributed by atoms with Gasteiger partial charge in [0, 0.05) is 47.9 Å². The van der Waals surface area contributed by atoms with E-state index < -0.39 is 23.8 Å². The number of amides is 4. The molecule has 4 amide bonds. The summed E-state index contributed by atoms with van der Waals surface area (Å²) in [5, 5.41) is 8.89. The van der Waals surface area contributed by atoms with Crippen molar-refractivity contribution in [1.82, 2.24) is 20.9 Å². The summed E-state index contributed by atoms with van der Waals surface area (Å²) in [6.45, 7) is 2.25. The number of nitrogens with zero attached hydrogens (tertiary/aromatic N) is 1. The van der Waals surface area contributed by atoms with Gasteiger partial charge in [0.2, 0.25) is 17.7 Å². The van der Waals surface area contributed by atoms with Crippen LogP contribution in [0.3, 0.4) is 0 Å². The van der Waals surface area contributed by atoms with Crippen LogP contribution in [0.15, 0.2) is 84.9 Å². The van der Waals surface area contributed by atoms with Crippen LogP contribution in [-0.4, -0.2) is 81.0 Å². The maximum absolute atomic E-state index is 13.9. The molecule has 0 saturated carbocycles. The maximum Gasteiger partial charge on any atom is 0.251 e. The van der Waals surface area contributed by atoms with Crippen LogP contribution in [0.1, 0.15) is 34.5 Å². The smallest absolute Gasteiger partial charge is 0.251 e. The standard InChI is InChI=1S/C39H43ClN6O6/c1-24-19-25-3-13-33(51-17-15-41)31(20-25)32-21-29(10-14-34(32)52-18-16-42)37(39(50)43-22-35(47)45-24)46(2)36(48)23-44-38(49)28-6-4-26(5-7-28)27-8-11-30(40)12-9-27/h3-14,20-21,24,37H,15-19,22-23,41-42H2,1-2H3,(H,43,50)(H,44,49)(H,45,47). The quantitative estimate of drug-likeness (QED) is 0.156. The molecule has 12 nitrogen and oxygen atoms in total. The summed E-state index contributed by atoms with van der Waals surface area (Å²) in [4.78, 5) is 54.7. The number of benzene rings is 4. The molecular formula is C39H43ClN6O6. The Hall–Kier alpha value is -5.43. The average molecular weight is 727 g/mol. The van der Waals surface area contributed by atoms with Gasteiger partial charge in [0.1, 0.15) is 30.8 Å². The van der Waals surface area contributed by atoms with Crippen molar-refractivity contribution in [2.45, 2.75) is 25.4 Å². The number of likely N-dealkylation sites (N-methyl/N-ethyl adjacent to an activating group) is 1. The van der Waals surface area contributed by atoms with E-state index in [1.54, 1.807) is 42.5 Å². The predicted molar refractivity (Wildman–Crippen MR) is 200 cm³/mol. The Morgan fingerprint density at radius 2 is 1.46 bits per heavy atom. The third-order valence-electron chi connectivity index (χ3n) is 8.53. The van der Waals surface area contributed by atoms with Crippen LogP contribution in [0.4, 0.5) is 0 Å². The fraction of sp³-hybridized carbons (Fsp3) is 0.282. The van der Waals surface area contributed by atoms with E-state index in [1.807, 2.05) is 49.4 Å². The van der Waals surface area contributed by atoms with Crippen molar-refractivity contribution < 1.29 is 28.7 Å². The lowest BCUT2D eigenvalue weighted by Gasteiger charge is -2.29. The summed E-state index contributed by atoms with van der Waals surface area (Å²) in [6, 6.07) is 23.7. The van der Waals surface area contributed by atoms with Crippen LogP contribution in [0.5, 0.6) is 11.5 Å². The van der Waals surface area contributed by atoms with Gasteiger partial charge >= 0.3 is 0 Å². The number of hydrogen-bond donors (Lipinski definition) is 5. The Morgan fingerprint density at radius 3 is 2.10 bits per heavy atom. The molecule has 1 aliphatic rings. The van der Waals surface area contributed by atoms with Gasteiger partial charge in [-0.3, -0.25) is 19.2 Å². The van der Waals surface area contributed by atoms with Crippen LogP contribution >= 0.6 is 11.6 Å². The maximum atomic E-state index is 13.9. The second kappa shape index (κ2) is 17.7. The van der Waals surface area contributed by atoms with Gasteiger partial charge in [-0.15, -0.1) is 0 Å². The number of carbonyl (C=O) groups is 4. The lowest BCUT2D eigenvalue weighted by Crippen LogP contribution is -2.48. The molecule has 1 aliphatic heterocycles. The highest BCUT2D eigenvalue weighted by atomic mass is 35.5. The fourth-order valence-corrected chi connectivity index (χ4v) is 6.09. The molecule has 0 aromatic heterocycles. The Morgan fingerprint density at radius 1 is 0.865 bits per heavy atom. The molecule has 0 radical (unpaired) electrons. The van der Waals surface area contributed by atoms with Crippen LogP contribution in [0.25, 0.3) is 22.3 Å². The molecule has 2 unspecified atom stereocenters. The van der Waals surface area contributed by atoms with Crippen LogP contribution in [0, 0.1) is 0 Å². The van der Waals surface area contributed by atoms with Gasteiger partial charge < -0.3 is 41.8 Å². The van der Waals surface area contributed by atoms with Gasteiger partial charge in [0.25, 0.3) is 5.91 Å². The second-order valence-electron chi connectivity index (χ2n) is 12.4. The molecule has 0 aliphatic carbocycles. The topological polar surface area (TPSA) is 178 Å². The third-order valence-corrected chi connectivity index (χ3v) is 8.78. The van der Waals surface area contributed by atoms with E-state index in [0.717, 1.165) is 16.7 Å². The van der Waals surface area contributed by atoms with E-state index in [9.17, 15) is 19.2 Å². The molecule has 7 N–H and O–H groups in total. The van der Waals surface area contributed by atoms with E-state index >= 15 is 0 Å². The Balaban J connectivity index is 1.45. The first-order valence-electron chi connectivity index (χ1n) is 17.0. The first kappa shape index (κ1) is 37.8. The van der Waals surface area contributed by atoms with Gasteiger partial charge in [0.05, 0.1) is 13.1 Å². The van der Waals surface area contributed by atoms with Crippen molar-refractivity contribution in [2.75, 3.05) is 46.4 Å². The van der Waals surface area contributed by atoms with Gasteiger partial charge in [-0.05, 0) is 84.1 Å². The first-order chi connectivity index (χ1) is 25.1. The van der Waals surface area contributed by atoms with Gasteiger partial charge in [-0.1, -0.05) is 48.0 Å². The lowest BCUT2D eigenvalue weighted by atomic mass is 9.94. The molecule has 0 saturated heterocycles. The predicted octanol–water partition coefficient (Wildman–Crippen LogP) is 3.46. The minimum Gasteiger partial charge on any atom is -0.492 e. The van der Waals surface area contributed by atoms with Crippen molar-refractivity contribution in [3.8, 4) is 33.8 Å². The van der Waals surface area contributed by atoms with E-state index in [4.69, 9.17) is 32.5 Å². The monoisotopic (exact) mass is 726 g/mol. The minimum atomic E-state index is -1.19. The van der Waals surface area contributed by atoms with E-state index in [0.29, 0.717) is 51.7 Å². The molecule has 2 atom stereocenters. The summed E-state index contributed by atoms with van der Waals surface area (Å²) in [7, 11) is 1.47. The number of ether oxygens (including phenoxy) is 2. The summed E-state index contributed by atoms with van der Waals surface area (Å²) >= 11 is 6.00. The molecule has 13 heteroatoms. The number of halogens is 1. The Labute approximate surface area is 307 Å². The average Bonchev–Trinajstić information content (AvgIpc) is 3.14. The largest absolute Gasteiger partial charge is 0.492 e. The minimum absolute atomic E-state index is 0.236. The number of rotatable bonds is 11. The van der Waals surface area contributed by atoms with Gasteiger partial charge in [0.15, 0.2) is 0 Å². The molecule has 4 aromatic carbocycles. The molecule has 4 bridgehead atoms. The lowest BCUT2D eigenvalue weighted by molar-refractivity contribution is -0.139. The Kier molecular flexibility index (Phi) is 12.9. The van der Waals surface area contributed by atoms with Crippen molar-refractivity contribution >= 4 is 35.2 Å². The number of nitrogens with two attached hydrogens (primary N) is 2. The molecule has 5 rings (SSSR count). The number of nitrogens with one attached hydrogen (secondary N) is 3. The molecule has 0 fully saturated rings. The summed E-state index contributed by atoms with van der Waals surface area (Å²) in [6.07, 6.45) is 0.514. The number of hydrogen-bond acceptors (Lipinski definition) is 8. The van der Waals surface area contributed by atoms with E-state index in [-0.39, 0.29) is 44.8 Å². The molecule has 272 valence electrons. The van der Waals surface area contributed by atoms with Crippen molar-refractivity contribution in [3.63, 3.8) is 0 Å². The van der Waals surface area contributed by atoms with E-state index in [1.165, 1.54) is 11.9 Å². The zero-order chi connectivity index (χ0) is 37.2. The molecular weight excluding hydrogens is 684 g/mol. The molecule has 0 spiro atoms. The normalized spacial score (nSPS) is 15.8. The second-order valence-corrected chi connectivity index (χ2v) is 12.9. The number of fused-ring (bicyclic) bond motifs is 5. The highest BCUT2D eigenvalue weighted by molar-refractivity contribution is 6.30. The van der Waals surface area contributed by atoms with Gasteiger partial charge in [-0.2, -0.15) is 0 Å². The SMILES string of the molecule is CC1Cc2ccc(OCCN)c(c2)-c2cc(ccc2OCCN)C(N(C)C(=O)CNC(=O)c2ccc(-c3ccc(Cl)cc3)cc2)C(=O)NCC(=O)N1. The van der Waals surface area contributed by atoms with Crippen LogP contribution in [0.2, 0.25) is 5.02 Å².